The fourth-order valence-electron chi connectivity index (χ4n) is 3.80. The molecule has 3 amide bonds. The topological polar surface area (TPSA) is 105 Å². The Hall–Kier alpha value is -4.46. The van der Waals surface area contributed by atoms with Crippen molar-refractivity contribution in [3.8, 4) is 11.1 Å². The van der Waals surface area contributed by atoms with Crippen LogP contribution in [-0.4, -0.2) is 43.4 Å². The number of hydrogen-bond acceptors (Lipinski definition) is 5. The minimum Gasteiger partial charge on any atom is -0.454 e. The molecule has 1 aliphatic rings. The maximum atomic E-state index is 12.3. The molecular formula is C27H25N3O5. The molecule has 0 radical (unpaired) electrons. The monoisotopic (exact) mass is 471 g/mol. The smallest absolute Gasteiger partial charge is 0.325 e. The minimum atomic E-state index is -0.739. The normalized spacial score (nSPS) is 12.8. The van der Waals surface area contributed by atoms with Crippen LogP contribution in [0.5, 0.6) is 0 Å². The van der Waals surface area contributed by atoms with Crippen LogP contribution in [0.3, 0.4) is 0 Å². The third kappa shape index (κ3) is 6.11. The summed E-state index contributed by atoms with van der Waals surface area (Å²) in [6, 6.07) is 23.8. The molecule has 1 saturated heterocycles. The molecule has 0 unspecified atom stereocenters. The van der Waals surface area contributed by atoms with E-state index < -0.39 is 24.4 Å². The molecule has 8 heteroatoms. The van der Waals surface area contributed by atoms with Gasteiger partial charge < -0.3 is 20.3 Å². The van der Waals surface area contributed by atoms with Crippen LogP contribution >= 0.6 is 0 Å². The molecule has 2 N–H and O–H groups in total. The van der Waals surface area contributed by atoms with Gasteiger partial charge in [-0.25, -0.2) is 0 Å². The lowest BCUT2D eigenvalue weighted by Gasteiger charge is -2.19. The van der Waals surface area contributed by atoms with E-state index >= 15 is 0 Å². The molecule has 35 heavy (non-hydrogen) atoms. The molecule has 1 fully saturated rings. The van der Waals surface area contributed by atoms with Gasteiger partial charge in [-0.15, -0.1) is 0 Å². The number of nitrogens with zero attached hydrogens (tertiary/aromatic N) is 1. The quantitative estimate of drug-likeness (QED) is 0.490. The van der Waals surface area contributed by atoms with Crippen LogP contribution in [0, 0.1) is 0 Å². The van der Waals surface area contributed by atoms with Crippen molar-refractivity contribution >= 4 is 35.1 Å². The number of nitrogens with one attached hydrogen (secondary N) is 2. The molecular weight excluding hydrogens is 446 g/mol. The average Bonchev–Trinajstić information content (AvgIpc) is 3.32. The molecule has 0 aromatic heterocycles. The second-order valence-electron chi connectivity index (χ2n) is 8.00. The van der Waals surface area contributed by atoms with E-state index in [2.05, 4.69) is 10.6 Å². The van der Waals surface area contributed by atoms with Crippen LogP contribution in [0.25, 0.3) is 11.1 Å². The number of esters is 1. The van der Waals surface area contributed by atoms with Crippen LogP contribution in [0.4, 0.5) is 11.4 Å². The second kappa shape index (κ2) is 11.1. The van der Waals surface area contributed by atoms with E-state index in [-0.39, 0.29) is 12.5 Å². The van der Waals surface area contributed by atoms with Crippen LogP contribution in [-0.2, 0) is 19.1 Å². The van der Waals surface area contributed by atoms with Crippen molar-refractivity contribution in [3.05, 3.63) is 84.4 Å². The average molecular weight is 472 g/mol. The lowest BCUT2D eigenvalue weighted by molar-refractivity contribution is -0.146. The van der Waals surface area contributed by atoms with E-state index in [1.165, 1.54) is 0 Å². The summed E-state index contributed by atoms with van der Waals surface area (Å²) in [6.45, 7) is -0.288. The molecule has 1 aliphatic heterocycles. The van der Waals surface area contributed by atoms with Gasteiger partial charge in [-0.3, -0.25) is 19.2 Å². The minimum absolute atomic E-state index is 0.00331. The zero-order valence-electron chi connectivity index (χ0n) is 19.0. The summed E-state index contributed by atoms with van der Waals surface area (Å²) in [7, 11) is 0. The molecule has 178 valence electrons. The third-order valence-electron chi connectivity index (χ3n) is 5.55. The van der Waals surface area contributed by atoms with Gasteiger partial charge in [-0.2, -0.15) is 0 Å². The van der Waals surface area contributed by atoms with Crippen LogP contribution < -0.4 is 15.5 Å². The van der Waals surface area contributed by atoms with Gasteiger partial charge in [0.15, 0.2) is 6.61 Å². The van der Waals surface area contributed by atoms with Crippen molar-refractivity contribution in [1.29, 1.82) is 0 Å². The van der Waals surface area contributed by atoms with E-state index in [0.717, 1.165) is 17.5 Å². The highest BCUT2D eigenvalue weighted by molar-refractivity contribution is 6.02. The van der Waals surface area contributed by atoms with E-state index in [1.807, 2.05) is 42.5 Å². The van der Waals surface area contributed by atoms with Crippen molar-refractivity contribution in [2.75, 3.05) is 29.9 Å². The maximum Gasteiger partial charge on any atom is 0.325 e. The predicted octanol–water partition coefficient (Wildman–Crippen LogP) is 3.39. The van der Waals surface area contributed by atoms with Crippen LogP contribution in [0.15, 0.2) is 78.9 Å². The van der Waals surface area contributed by atoms with E-state index in [4.69, 9.17) is 4.74 Å². The highest BCUT2D eigenvalue weighted by Gasteiger charge is 2.24. The zero-order valence-corrected chi connectivity index (χ0v) is 19.0. The molecule has 4 rings (SSSR count). The Labute approximate surface area is 202 Å². The summed E-state index contributed by atoms with van der Waals surface area (Å²) < 4.78 is 4.98. The fraction of sp³-hybridized carbons (Fsp3) is 0.185. The number of hydrogen-bond donors (Lipinski definition) is 2. The summed E-state index contributed by atoms with van der Waals surface area (Å²) in [5.74, 6) is -1.70. The molecule has 0 atom stereocenters. The number of benzene rings is 3. The van der Waals surface area contributed by atoms with Gasteiger partial charge in [0.05, 0.1) is 11.4 Å². The van der Waals surface area contributed by atoms with Crippen molar-refractivity contribution in [2.24, 2.45) is 0 Å². The first-order valence-electron chi connectivity index (χ1n) is 11.3. The standard InChI is InChI=1S/C27H25N3O5/c31-24(29-22-9-4-5-10-23(22)30-16-6-11-25(30)32)18-35-26(33)17-28-27(34)21-14-12-20(13-15-21)19-7-2-1-3-8-19/h1-5,7-10,12-15H,6,11,16-18H2,(H,28,34)(H,29,31). The molecule has 0 aliphatic carbocycles. The van der Waals surface area contributed by atoms with Gasteiger partial charge in [-0.05, 0) is 41.8 Å². The molecule has 8 nitrogen and oxygen atoms in total. The first kappa shape index (κ1) is 23.7. The second-order valence-corrected chi connectivity index (χ2v) is 8.00. The largest absolute Gasteiger partial charge is 0.454 e. The highest BCUT2D eigenvalue weighted by Crippen LogP contribution is 2.29. The predicted molar refractivity (Wildman–Crippen MR) is 132 cm³/mol. The van der Waals surface area contributed by atoms with E-state index in [0.29, 0.717) is 29.9 Å². The van der Waals surface area contributed by atoms with Crippen LogP contribution in [0.2, 0.25) is 0 Å². The molecule has 0 saturated carbocycles. The van der Waals surface area contributed by atoms with Crippen molar-refractivity contribution in [1.82, 2.24) is 5.32 Å². The lowest BCUT2D eigenvalue weighted by atomic mass is 10.0. The Balaban J connectivity index is 1.24. The highest BCUT2D eigenvalue weighted by atomic mass is 16.5. The number of ether oxygens (including phenoxy) is 1. The molecule has 3 aromatic carbocycles. The van der Waals surface area contributed by atoms with E-state index in [1.54, 1.807) is 41.3 Å². The lowest BCUT2D eigenvalue weighted by Crippen LogP contribution is -2.32. The number of carbonyl (C=O) groups excluding carboxylic acids is 4. The van der Waals surface area contributed by atoms with Crippen molar-refractivity contribution in [3.63, 3.8) is 0 Å². The summed E-state index contributed by atoms with van der Waals surface area (Å²) >= 11 is 0. The number of carbonyl (C=O) groups is 4. The van der Waals surface area contributed by atoms with Gasteiger partial charge in [0.25, 0.3) is 11.8 Å². The zero-order chi connectivity index (χ0) is 24.6. The van der Waals surface area contributed by atoms with Gasteiger partial charge in [0.1, 0.15) is 6.54 Å². The summed E-state index contributed by atoms with van der Waals surface area (Å²) in [5, 5.41) is 5.17. The van der Waals surface area contributed by atoms with Gasteiger partial charge in [-0.1, -0.05) is 54.6 Å². The van der Waals surface area contributed by atoms with E-state index in [9.17, 15) is 19.2 Å². The number of anilines is 2. The summed E-state index contributed by atoms with van der Waals surface area (Å²) in [4.78, 5) is 50.3. The Bertz CT molecular complexity index is 1230. The molecule has 1 heterocycles. The van der Waals surface area contributed by atoms with Gasteiger partial charge in [0, 0.05) is 18.5 Å². The third-order valence-corrected chi connectivity index (χ3v) is 5.55. The first-order chi connectivity index (χ1) is 17.0. The Kier molecular flexibility index (Phi) is 7.52. The Morgan fingerprint density at radius 3 is 2.26 bits per heavy atom. The number of para-hydroxylation sites is 2. The van der Waals surface area contributed by atoms with Gasteiger partial charge >= 0.3 is 5.97 Å². The summed E-state index contributed by atoms with van der Waals surface area (Å²) in [6.07, 6.45) is 1.24. The Morgan fingerprint density at radius 2 is 1.54 bits per heavy atom. The fourth-order valence-corrected chi connectivity index (χ4v) is 3.80. The SMILES string of the molecule is O=C(COC(=O)CNC(=O)c1ccc(-c2ccccc2)cc1)Nc1ccccc1N1CCCC1=O. The van der Waals surface area contributed by atoms with Crippen molar-refractivity contribution < 1.29 is 23.9 Å². The maximum absolute atomic E-state index is 12.3. The van der Waals surface area contributed by atoms with Gasteiger partial charge in [0.2, 0.25) is 5.91 Å². The summed E-state index contributed by atoms with van der Waals surface area (Å²) in [5.41, 5.74) is 3.50. The number of amides is 3. The molecule has 0 bridgehead atoms. The molecule has 3 aromatic rings. The Morgan fingerprint density at radius 1 is 0.857 bits per heavy atom. The van der Waals surface area contributed by atoms with Crippen molar-refractivity contribution in [2.45, 2.75) is 12.8 Å². The van der Waals surface area contributed by atoms with Crippen LogP contribution in [0.1, 0.15) is 23.2 Å². The number of rotatable bonds is 8. The first-order valence-corrected chi connectivity index (χ1v) is 11.3. The molecule has 0 spiro atoms.